The lowest BCUT2D eigenvalue weighted by molar-refractivity contribution is 0.588. The van der Waals surface area contributed by atoms with E-state index in [1.165, 1.54) is 38.5 Å². The van der Waals surface area contributed by atoms with E-state index in [0.29, 0.717) is 11.3 Å². The number of benzene rings is 2. The third kappa shape index (κ3) is 3.87. The lowest BCUT2D eigenvalue weighted by Crippen LogP contribution is -2.11. The van der Waals surface area contributed by atoms with E-state index in [4.69, 9.17) is 4.42 Å². The summed E-state index contributed by atoms with van der Waals surface area (Å²) in [6.07, 6.45) is 9.75. The molecule has 0 bridgehead atoms. The fraction of sp³-hybridized carbons (Fsp3) is 0.409. The molecule has 0 unspecified atom stereocenters. The van der Waals surface area contributed by atoms with Gasteiger partial charge in [-0.25, -0.2) is 0 Å². The molecule has 0 radical (unpaired) electrons. The quantitative estimate of drug-likeness (QED) is 0.365. The van der Waals surface area contributed by atoms with E-state index < -0.39 is 0 Å². The van der Waals surface area contributed by atoms with Crippen LogP contribution in [0.3, 0.4) is 0 Å². The molecule has 3 rings (SSSR count). The van der Waals surface area contributed by atoms with Gasteiger partial charge in [0, 0.05) is 10.9 Å². The van der Waals surface area contributed by atoms with Crippen molar-refractivity contribution >= 4 is 11.0 Å². The van der Waals surface area contributed by atoms with E-state index in [1.807, 2.05) is 42.5 Å². The Balaban J connectivity index is 1.69. The van der Waals surface area contributed by atoms with Gasteiger partial charge in [-0.15, -0.1) is 0 Å². The maximum atomic E-state index is 12.7. The Morgan fingerprint density at radius 2 is 1.62 bits per heavy atom. The van der Waals surface area contributed by atoms with Gasteiger partial charge in [-0.05, 0) is 31.0 Å². The third-order valence-electron chi connectivity index (χ3n) is 4.73. The fourth-order valence-electron chi connectivity index (χ4n) is 3.29. The van der Waals surface area contributed by atoms with Crippen LogP contribution in [-0.4, -0.2) is 0 Å². The molecule has 24 heavy (non-hydrogen) atoms. The van der Waals surface area contributed by atoms with E-state index in [-0.39, 0.29) is 5.43 Å². The summed E-state index contributed by atoms with van der Waals surface area (Å²) >= 11 is 0. The van der Waals surface area contributed by atoms with Gasteiger partial charge in [0.15, 0.2) is 5.43 Å². The van der Waals surface area contributed by atoms with Crippen LogP contribution < -0.4 is 5.43 Å². The highest BCUT2D eigenvalue weighted by Gasteiger charge is 2.13. The molecule has 126 valence electrons. The summed E-state index contributed by atoms with van der Waals surface area (Å²) in [7, 11) is 0. The first kappa shape index (κ1) is 16.8. The van der Waals surface area contributed by atoms with Crippen LogP contribution in [0.1, 0.15) is 57.4 Å². The number of para-hydroxylation sites is 1. The van der Waals surface area contributed by atoms with Crippen LogP contribution in [0.25, 0.3) is 22.3 Å². The molecule has 0 saturated carbocycles. The standard InChI is InChI=1S/C22H26O2/c1-2-3-4-5-6-7-8-11-17-14-15-21-19(22(17)23)16-18-12-9-10-13-20(18)24-21/h9-10,12-16H,2-8,11H2,1H3. The number of fused-ring (bicyclic) bond motifs is 2. The predicted octanol–water partition coefficient (Wildman–Crippen LogP) is 6.19. The van der Waals surface area contributed by atoms with Gasteiger partial charge in [-0.3, -0.25) is 4.79 Å². The minimum atomic E-state index is 0.132. The normalized spacial score (nSPS) is 11.4. The van der Waals surface area contributed by atoms with Crippen molar-refractivity contribution in [1.29, 1.82) is 0 Å². The van der Waals surface area contributed by atoms with Crippen LogP contribution in [0, 0.1) is 0 Å². The smallest absolute Gasteiger partial charge is 0.192 e. The van der Waals surface area contributed by atoms with Crippen molar-refractivity contribution in [3.05, 3.63) is 58.3 Å². The summed E-state index contributed by atoms with van der Waals surface area (Å²) in [5.41, 5.74) is 2.58. The zero-order chi connectivity index (χ0) is 16.8. The van der Waals surface area contributed by atoms with Gasteiger partial charge >= 0.3 is 0 Å². The minimum absolute atomic E-state index is 0.132. The summed E-state index contributed by atoms with van der Waals surface area (Å²) in [6.45, 7) is 2.24. The number of hydrogen-bond acceptors (Lipinski definition) is 2. The van der Waals surface area contributed by atoms with Gasteiger partial charge in [0.25, 0.3) is 0 Å². The molecule has 2 nitrogen and oxygen atoms in total. The van der Waals surface area contributed by atoms with E-state index in [2.05, 4.69) is 6.92 Å². The largest absolute Gasteiger partial charge is 0.456 e. The van der Waals surface area contributed by atoms with Crippen LogP contribution in [0.2, 0.25) is 0 Å². The summed E-state index contributed by atoms with van der Waals surface area (Å²) in [5.74, 6) is 0.682. The maximum Gasteiger partial charge on any atom is 0.192 e. The Labute approximate surface area is 143 Å². The van der Waals surface area contributed by atoms with Crippen molar-refractivity contribution < 1.29 is 4.42 Å². The van der Waals surface area contributed by atoms with Gasteiger partial charge in [-0.2, -0.15) is 0 Å². The molecule has 1 aromatic carbocycles. The second-order valence-electron chi connectivity index (χ2n) is 6.62. The molecule has 0 atom stereocenters. The van der Waals surface area contributed by atoms with E-state index in [9.17, 15) is 4.79 Å². The minimum Gasteiger partial charge on any atom is -0.456 e. The number of hydrogen-bond donors (Lipinski definition) is 0. The highest BCUT2D eigenvalue weighted by molar-refractivity contribution is 5.82. The van der Waals surface area contributed by atoms with E-state index >= 15 is 0 Å². The van der Waals surface area contributed by atoms with Crippen LogP contribution >= 0.6 is 0 Å². The van der Waals surface area contributed by atoms with Gasteiger partial charge < -0.3 is 4.42 Å². The lowest BCUT2D eigenvalue weighted by Gasteiger charge is -2.09. The van der Waals surface area contributed by atoms with Crippen molar-refractivity contribution in [2.75, 3.05) is 0 Å². The zero-order valence-corrected chi connectivity index (χ0v) is 14.5. The molecule has 2 aliphatic rings. The SMILES string of the molecule is CCCCCCCCCc1ccc2oc3ccccc3cc-2c1=O. The fourth-order valence-corrected chi connectivity index (χ4v) is 3.29. The molecule has 0 fully saturated rings. The summed E-state index contributed by atoms with van der Waals surface area (Å²) in [5, 5.41) is 0.982. The predicted molar refractivity (Wildman–Crippen MR) is 101 cm³/mol. The van der Waals surface area contributed by atoms with Crippen molar-refractivity contribution in [2.24, 2.45) is 0 Å². The monoisotopic (exact) mass is 322 g/mol. The Morgan fingerprint density at radius 3 is 2.46 bits per heavy atom. The van der Waals surface area contributed by atoms with Crippen molar-refractivity contribution in [1.82, 2.24) is 0 Å². The Hall–Kier alpha value is -2.09. The highest BCUT2D eigenvalue weighted by atomic mass is 16.3. The topological polar surface area (TPSA) is 30.2 Å². The molecule has 0 spiro atoms. The van der Waals surface area contributed by atoms with Gasteiger partial charge in [0.05, 0.1) is 5.56 Å². The van der Waals surface area contributed by atoms with Crippen LogP contribution in [0.5, 0.6) is 0 Å². The maximum absolute atomic E-state index is 12.7. The molecular formula is C22H26O2. The third-order valence-corrected chi connectivity index (χ3v) is 4.73. The average Bonchev–Trinajstić information content (AvgIpc) is 2.61. The zero-order valence-electron chi connectivity index (χ0n) is 14.5. The molecule has 2 heteroatoms. The van der Waals surface area contributed by atoms with Crippen LogP contribution in [0.15, 0.2) is 51.7 Å². The molecule has 0 amide bonds. The second kappa shape index (κ2) is 8.14. The van der Waals surface area contributed by atoms with E-state index in [0.717, 1.165) is 29.4 Å². The Kier molecular flexibility index (Phi) is 5.68. The van der Waals surface area contributed by atoms with Gasteiger partial charge in [0.1, 0.15) is 11.3 Å². The Bertz CT molecular complexity index is 816. The number of aryl methyl sites for hydroxylation is 1. The molecule has 1 aliphatic heterocycles. The first-order chi connectivity index (χ1) is 11.8. The molecule has 1 heterocycles. The second-order valence-corrected chi connectivity index (χ2v) is 6.62. The molecule has 1 aromatic rings. The average molecular weight is 322 g/mol. The Morgan fingerprint density at radius 1 is 0.875 bits per heavy atom. The van der Waals surface area contributed by atoms with E-state index in [1.54, 1.807) is 0 Å². The van der Waals surface area contributed by atoms with Crippen LogP contribution in [0.4, 0.5) is 0 Å². The molecule has 0 saturated heterocycles. The van der Waals surface area contributed by atoms with Crippen LogP contribution in [-0.2, 0) is 6.42 Å². The lowest BCUT2D eigenvalue weighted by atomic mass is 9.99. The molecular weight excluding hydrogens is 296 g/mol. The first-order valence-corrected chi connectivity index (χ1v) is 9.24. The summed E-state index contributed by atoms with van der Waals surface area (Å²) in [4.78, 5) is 12.7. The first-order valence-electron chi connectivity index (χ1n) is 9.24. The number of rotatable bonds is 8. The van der Waals surface area contributed by atoms with Gasteiger partial charge in [0.2, 0.25) is 0 Å². The van der Waals surface area contributed by atoms with Crippen molar-refractivity contribution in [3.63, 3.8) is 0 Å². The highest BCUT2D eigenvalue weighted by Crippen LogP contribution is 2.26. The molecule has 1 aliphatic carbocycles. The molecule has 0 N–H and O–H groups in total. The van der Waals surface area contributed by atoms with Crippen molar-refractivity contribution in [2.45, 2.75) is 58.3 Å². The number of unbranched alkanes of at least 4 members (excludes halogenated alkanes) is 6. The van der Waals surface area contributed by atoms with Crippen molar-refractivity contribution in [3.8, 4) is 11.3 Å². The summed E-state index contributed by atoms with van der Waals surface area (Å²) in [6, 6.07) is 13.7. The molecule has 0 aromatic heterocycles. The summed E-state index contributed by atoms with van der Waals surface area (Å²) < 4.78 is 5.86. The van der Waals surface area contributed by atoms with Gasteiger partial charge in [-0.1, -0.05) is 69.7 Å².